The van der Waals surface area contributed by atoms with Gasteiger partial charge in [0.2, 0.25) is 11.5 Å². The van der Waals surface area contributed by atoms with Gasteiger partial charge in [0.05, 0.1) is 11.0 Å². The van der Waals surface area contributed by atoms with E-state index in [9.17, 15) is 13.2 Å². The molecule has 1 aliphatic rings. The number of halogens is 3. The second-order valence-corrected chi connectivity index (χ2v) is 5.61. The molecule has 0 spiro atoms. The molecular formula is C15H13F3N4O. The molecule has 1 saturated carbocycles. The number of fused-ring (bicyclic) bond motifs is 3. The van der Waals surface area contributed by atoms with E-state index in [0.29, 0.717) is 11.0 Å². The number of nitrogens with zero attached hydrogens (tertiary/aromatic N) is 4. The SMILES string of the molecule is FC(F)(F)c1nnc2c(OC3CCCC3)nc3ccccc3n12. The first-order chi connectivity index (χ1) is 11.0. The molecule has 0 aliphatic heterocycles. The standard InChI is InChI=1S/C15H13F3N4O/c16-15(17,18)14-21-20-12-13(23-9-5-1-2-6-9)19-10-7-3-4-8-11(10)22(12)14/h3-4,7-9H,1-2,5-6H2. The zero-order valence-electron chi connectivity index (χ0n) is 12.0. The molecule has 1 fully saturated rings. The van der Waals surface area contributed by atoms with Crippen molar-refractivity contribution >= 4 is 16.7 Å². The van der Waals surface area contributed by atoms with Crippen LogP contribution in [0.25, 0.3) is 16.7 Å². The average Bonchev–Trinajstić information content (AvgIpc) is 3.15. The van der Waals surface area contributed by atoms with E-state index in [1.54, 1.807) is 24.3 Å². The fourth-order valence-electron chi connectivity index (χ4n) is 2.98. The van der Waals surface area contributed by atoms with Crippen molar-refractivity contribution < 1.29 is 17.9 Å². The Hall–Kier alpha value is -2.38. The Bertz CT molecular complexity index is 868. The van der Waals surface area contributed by atoms with E-state index < -0.39 is 12.0 Å². The van der Waals surface area contributed by atoms with Gasteiger partial charge in [0.15, 0.2) is 0 Å². The highest BCUT2D eigenvalue weighted by atomic mass is 19.4. The summed E-state index contributed by atoms with van der Waals surface area (Å²) in [6, 6.07) is 6.59. The van der Waals surface area contributed by atoms with E-state index in [4.69, 9.17) is 4.74 Å². The van der Waals surface area contributed by atoms with Gasteiger partial charge in [0.1, 0.15) is 6.10 Å². The molecule has 0 saturated heterocycles. The molecule has 5 nitrogen and oxygen atoms in total. The number of hydrogen-bond acceptors (Lipinski definition) is 4. The number of ether oxygens (including phenoxy) is 1. The smallest absolute Gasteiger partial charge is 0.452 e. The summed E-state index contributed by atoms with van der Waals surface area (Å²) in [4.78, 5) is 4.35. The zero-order chi connectivity index (χ0) is 16.0. The van der Waals surface area contributed by atoms with Crippen molar-refractivity contribution in [3.05, 3.63) is 30.1 Å². The average molecular weight is 322 g/mol. The van der Waals surface area contributed by atoms with Crippen LogP contribution >= 0.6 is 0 Å². The summed E-state index contributed by atoms with van der Waals surface area (Å²) in [5.74, 6) is -0.957. The fraction of sp³-hybridized carbons (Fsp3) is 0.400. The van der Waals surface area contributed by atoms with E-state index in [-0.39, 0.29) is 17.6 Å². The minimum atomic E-state index is -4.60. The molecule has 120 valence electrons. The third-order valence-electron chi connectivity index (χ3n) is 4.03. The lowest BCUT2D eigenvalue weighted by atomic mass is 10.3. The van der Waals surface area contributed by atoms with Gasteiger partial charge in [-0.15, -0.1) is 10.2 Å². The van der Waals surface area contributed by atoms with E-state index in [1.807, 2.05) is 0 Å². The lowest BCUT2D eigenvalue weighted by molar-refractivity contribution is -0.145. The maximum absolute atomic E-state index is 13.2. The van der Waals surface area contributed by atoms with Crippen LogP contribution in [0.1, 0.15) is 31.5 Å². The maximum atomic E-state index is 13.2. The summed E-state index contributed by atoms with van der Waals surface area (Å²) in [6.45, 7) is 0. The summed E-state index contributed by atoms with van der Waals surface area (Å²) in [5, 5.41) is 7.00. The maximum Gasteiger partial charge on any atom is 0.452 e. The Balaban J connectivity index is 1.97. The molecule has 8 heteroatoms. The van der Waals surface area contributed by atoms with E-state index in [2.05, 4.69) is 15.2 Å². The largest absolute Gasteiger partial charge is 0.472 e. The second kappa shape index (κ2) is 5.07. The molecule has 0 unspecified atom stereocenters. The third-order valence-corrected chi connectivity index (χ3v) is 4.03. The number of benzene rings is 1. The number of hydrogen-bond donors (Lipinski definition) is 0. The number of aromatic nitrogens is 4. The van der Waals surface area contributed by atoms with Gasteiger partial charge < -0.3 is 4.74 Å². The molecule has 23 heavy (non-hydrogen) atoms. The summed E-state index contributed by atoms with van der Waals surface area (Å²) < 4.78 is 46.5. The van der Waals surface area contributed by atoms with Crippen molar-refractivity contribution in [2.24, 2.45) is 0 Å². The summed E-state index contributed by atoms with van der Waals surface area (Å²) in [6.07, 6.45) is -0.779. The molecule has 3 aromatic rings. The Labute approximate surface area is 129 Å². The van der Waals surface area contributed by atoms with Gasteiger partial charge in [-0.05, 0) is 37.8 Å². The van der Waals surface area contributed by atoms with E-state index in [0.717, 1.165) is 30.1 Å². The third kappa shape index (κ3) is 2.38. The highest BCUT2D eigenvalue weighted by Crippen LogP contribution is 2.33. The highest BCUT2D eigenvalue weighted by molar-refractivity contribution is 5.79. The Morgan fingerprint density at radius 2 is 1.83 bits per heavy atom. The molecule has 2 heterocycles. The van der Waals surface area contributed by atoms with Crippen molar-refractivity contribution in [3.63, 3.8) is 0 Å². The molecule has 0 N–H and O–H groups in total. The van der Waals surface area contributed by atoms with Crippen LogP contribution in [0.3, 0.4) is 0 Å². The molecule has 1 aromatic carbocycles. The number of rotatable bonds is 2. The lowest BCUT2D eigenvalue weighted by Gasteiger charge is -2.14. The van der Waals surface area contributed by atoms with Crippen LogP contribution in [-0.2, 0) is 6.18 Å². The van der Waals surface area contributed by atoms with Crippen LogP contribution in [-0.4, -0.2) is 25.7 Å². The lowest BCUT2D eigenvalue weighted by Crippen LogP contribution is -2.15. The zero-order valence-corrected chi connectivity index (χ0v) is 12.0. The van der Waals surface area contributed by atoms with Crippen molar-refractivity contribution in [3.8, 4) is 5.88 Å². The van der Waals surface area contributed by atoms with E-state index >= 15 is 0 Å². The molecule has 1 aliphatic carbocycles. The Kier molecular flexibility index (Phi) is 3.14. The van der Waals surface area contributed by atoms with Crippen LogP contribution in [0.15, 0.2) is 24.3 Å². The minimum Gasteiger partial charge on any atom is -0.472 e. The van der Waals surface area contributed by atoms with Crippen LogP contribution in [0, 0.1) is 0 Å². The Morgan fingerprint density at radius 3 is 2.57 bits per heavy atom. The van der Waals surface area contributed by atoms with Gasteiger partial charge >= 0.3 is 6.18 Å². The first-order valence-corrected chi connectivity index (χ1v) is 7.42. The Morgan fingerprint density at radius 1 is 1.09 bits per heavy atom. The van der Waals surface area contributed by atoms with Crippen molar-refractivity contribution in [2.75, 3.05) is 0 Å². The predicted octanol–water partition coefficient (Wildman–Crippen LogP) is 3.62. The number of para-hydroxylation sites is 2. The van der Waals surface area contributed by atoms with Gasteiger partial charge in [0, 0.05) is 0 Å². The molecule has 0 atom stereocenters. The predicted molar refractivity (Wildman–Crippen MR) is 76.2 cm³/mol. The molecule has 2 aromatic heterocycles. The molecule has 0 amide bonds. The van der Waals surface area contributed by atoms with Crippen LogP contribution in [0.5, 0.6) is 5.88 Å². The summed E-state index contributed by atoms with van der Waals surface area (Å²) >= 11 is 0. The van der Waals surface area contributed by atoms with Crippen molar-refractivity contribution in [1.29, 1.82) is 0 Å². The van der Waals surface area contributed by atoms with E-state index in [1.165, 1.54) is 0 Å². The molecule has 4 rings (SSSR count). The molecular weight excluding hydrogens is 309 g/mol. The van der Waals surface area contributed by atoms with Gasteiger partial charge in [0.25, 0.3) is 5.88 Å². The molecule has 0 radical (unpaired) electrons. The topological polar surface area (TPSA) is 52.3 Å². The normalized spacial score (nSPS) is 16.5. The summed E-state index contributed by atoms with van der Waals surface area (Å²) in [5.41, 5.74) is 0.722. The van der Waals surface area contributed by atoms with Crippen LogP contribution in [0.2, 0.25) is 0 Å². The second-order valence-electron chi connectivity index (χ2n) is 5.61. The monoisotopic (exact) mass is 322 g/mol. The van der Waals surface area contributed by atoms with Crippen molar-refractivity contribution in [2.45, 2.75) is 38.0 Å². The molecule has 0 bridgehead atoms. The van der Waals surface area contributed by atoms with Gasteiger partial charge in [-0.3, -0.25) is 4.40 Å². The number of alkyl halides is 3. The van der Waals surface area contributed by atoms with Gasteiger partial charge in [-0.25, -0.2) is 4.98 Å². The minimum absolute atomic E-state index is 0.00271. The fourth-order valence-corrected chi connectivity index (χ4v) is 2.98. The van der Waals surface area contributed by atoms with Crippen molar-refractivity contribution in [1.82, 2.24) is 19.6 Å². The summed E-state index contributed by atoms with van der Waals surface area (Å²) in [7, 11) is 0. The first kappa shape index (κ1) is 14.2. The van der Waals surface area contributed by atoms with Crippen LogP contribution in [0.4, 0.5) is 13.2 Å². The van der Waals surface area contributed by atoms with Gasteiger partial charge in [-0.2, -0.15) is 13.2 Å². The highest BCUT2D eigenvalue weighted by Gasteiger charge is 2.38. The van der Waals surface area contributed by atoms with Gasteiger partial charge in [-0.1, -0.05) is 12.1 Å². The van der Waals surface area contributed by atoms with Crippen LogP contribution < -0.4 is 4.74 Å². The quantitative estimate of drug-likeness (QED) is 0.723. The first-order valence-electron chi connectivity index (χ1n) is 7.42.